The van der Waals surface area contributed by atoms with Gasteiger partial charge in [0.2, 0.25) is 0 Å². The highest BCUT2D eigenvalue weighted by atomic mass is 16.5. The van der Waals surface area contributed by atoms with Crippen LogP contribution < -0.4 is 10.1 Å². The van der Waals surface area contributed by atoms with E-state index in [0.717, 1.165) is 17.9 Å². The third-order valence-corrected chi connectivity index (χ3v) is 6.50. The summed E-state index contributed by atoms with van der Waals surface area (Å²) >= 11 is 0. The molecule has 0 saturated carbocycles. The van der Waals surface area contributed by atoms with Crippen LogP contribution in [0.1, 0.15) is 57.6 Å². The average Bonchev–Trinajstić information content (AvgIpc) is 2.72. The van der Waals surface area contributed by atoms with Gasteiger partial charge < -0.3 is 19.9 Å². The summed E-state index contributed by atoms with van der Waals surface area (Å²) in [5.41, 5.74) is 1.12. The first-order valence-corrected chi connectivity index (χ1v) is 10.9. The lowest BCUT2D eigenvalue weighted by Crippen LogP contribution is -2.52. The molecule has 0 unspecified atom stereocenters. The highest BCUT2D eigenvalue weighted by Crippen LogP contribution is 2.31. The SMILES string of the molecule is COc1ccc([C@H](NC(=O)N(C)C[C@@H]2CCCN3CCCC[C@H]23)C(C)C)cc1. The number of benzene rings is 1. The summed E-state index contributed by atoms with van der Waals surface area (Å²) in [6.45, 7) is 7.63. The Morgan fingerprint density at radius 1 is 1.18 bits per heavy atom. The fraction of sp³-hybridized carbons (Fsp3) is 0.696. The first-order valence-electron chi connectivity index (χ1n) is 10.9. The zero-order valence-electron chi connectivity index (χ0n) is 18.0. The quantitative estimate of drug-likeness (QED) is 0.792. The molecule has 5 nitrogen and oxygen atoms in total. The van der Waals surface area contributed by atoms with Gasteiger partial charge in [-0.3, -0.25) is 0 Å². The minimum Gasteiger partial charge on any atom is -0.497 e. The zero-order chi connectivity index (χ0) is 20.1. The molecule has 2 aliphatic rings. The Kier molecular flexibility index (Phi) is 7.22. The lowest BCUT2D eigenvalue weighted by atomic mass is 9.83. The van der Waals surface area contributed by atoms with Crippen molar-refractivity contribution in [2.24, 2.45) is 11.8 Å². The van der Waals surface area contributed by atoms with Crippen LogP contribution in [0.15, 0.2) is 24.3 Å². The minimum absolute atomic E-state index is 0.00149. The molecule has 5 heteroatoms. The van der Waals surface area contributed by atoms with Gasteiger partial charge in [-0.2, -0.15) is 0 Å². The maximum atomic E-state index is 13.0. The Balaban J connectivity index is 1.61. The van der Waals surface area contributed by atoms with E-state index in [1.165, 1.54) is 45.2 Å². The first-order chi connectivity index (χ1) is 13.5. The average molecular weight is 388 g/mol. The number of urea groups is 1. The Morgan fingerprint density at radius 2 is 1.89 bits per heavy atom. The molecular weight excluding hydrogens is 350 g/mol. The topological polar surface area (TPSA) is 44.8 Å². The summed E-state index contributed by atoms with van der Waals surface area (Å²) in [6, 6.07) is 8.71. The second-order valence-electron chi connectivity index (χ2n) is 8.83. The Labute approximate surface area is 170 Å². The van der Waals surface area contributed by atoms with Crippen LogP contribution in [0.3, 0.4) is 0 Å². The number of fused-ring (bicyclic) bond motifs is 1. The minimum atomic E-state index is -0.00149. The van der Waals surface area contributed by atoms with Crippen molar-refractivity contribution in [1.82, 2.24) is 15.1 Å². The third-order valence-electron chi connectivity index (χ3n) is 6.50. The molecule has 156 valence electrons. The molecule has 2 aliphatic heterocycles. The third kappa shape index (κ3) is 4.99. The number of carbonyl (C=O) groups excluding carboxylic acids is 1. The monoisotopic (exact) mass is 387 g/mol. The predicted octanol–water partition coefficient (Wildman–Crippen LogP) is 4.30. The van der Waals surface area contributed by atoms with E-state index in [9.17, 15) is 4.79 Å². The number of nitrogens with zero attached hydrogens (tertiary/aromatic N) is 2. The number of methoxy groups -OCH3 is 1. The summed E-state index contributed by atoms with van der Waals surface area (Å²) in [7, 11) is 3.62. The van der Waals surface area contributed by atoms with Crippen molar-refractivity contribution in [2.45, 2.75) is 58.0 Å². The molecule has 2 saturated heterocycles. The summed E-state index contributed by atoms with van der Waals surface area (Å²) in [4.78, 5) is 17.5. The van der Waals surface area contributed by atoms with Crippen LogP contribution in [-0.2, 0) is 0 Å². The number of ether oxygens (including phenoxy) is 1. The van der Waals surface area contributed by atoms with Crippen molar-refractivity contribution < 1.29 is 9.53 Å². The van der Waals surface area contributed by atoms with Gasteiger partial charge in [0, 0.05) is 19.6 Å². The predicted molar refractivity (Wildman–Crippen MR) is 114 cm³/mol. The van der Waals surface area contributed by atoms with Crippen LogP contribution in [0.4, 0.5) is 4.79 Å². The van der Waals surface area contributed by atoms with Crippen LogP contribution in [0.5, 0.6) is 5.75 Å². The molecule has 0 bridgehead atoms. The van der Waals surface area contributed by atoms with Gasteiger partial charge in [-0.25, -0.2) is 4.79 Å². The highest BCUT2D eigenvalue weighted by Gasteiger charge is 2.34. The van der Waals surface area contributed by atoms with E-state index in [1.54, 1.807) is 7.11 Å². The Bertz CT molecular complexity index is 629. The lowest BCUT2D eigenvalue weighted by Gasteiger charge is -2.45. The molecule has 0 aromatic heterocycles. The number of hydrogen-bond acceptors (Lipinski definition) is 3. The normalized spacial score (nSPS) is 23.8. The van der Waals surface area contributed by atoms with Gasteiger partial charge in [-0.05, 0) is 68.3 Å². The van der Waals surface area contributed by atoms with Gasteiger partial charge in [0.1, 0.15) is 5.75 Å². The van der Waals surface area contributed by atoms with Gasteiger partial charge in [-0.1, -0.05) is 32.4 Å². The molecule has 0 radical (unpaired) electrons. The van der Waals surface area contributed by atoms with Crippen molar-refractivity contribution in [2.75, 3.05) is 33.8 Å². The summed E-state index contributed by atoms with van der Waals surface area (Å²) in [5.74, 6) is 1.75. The molecule has 0 spiro atoms. The maximum Gasteiger partial charge on any atom is 0.317 e. The zero-order valence-corrected chi connectivity index (χ0v) is 18.0. The Morgan fingerprint density at radius 3 is 2.57 bits per heavy atom. The molecule has 1 N–H and O–H groups in total. The van der Waals surface area contributed by atoms with Crippen LogP contribution in [-0.4, -0.2) is 55.7 Å². The van der Waals surface area contributed by atoms with Gasteiger partial charge in [0.25, 0.3) is 0 Å². The number of piperidine rings is 2. The van der Waals surface area contributed by atoms with E-state index in [-0.39, 0.29) is 12.1 Å². The molecule has 2 heterocycles. The van der Waals surface area contributed by atoms with Crippen molar-refractivity contribution in [3.05, 3.63) is 29.8 Å². The van der Waals surface area contributed by atoms with Gasteiger partial charge in [-0.15, -0.1) is 0 Å². The van der Waals surface area contributed by atoms with Crippen molar-refractivity contribution in [3.63, 3.8) is 0 Å². The summed E-state index contributed by atoms with van der Waals surface area (Å²) < 4.78 is 5.26. The van der Waals surface area contributed by atoms with Crippen LogP contribution in [0.25, 0.3) is 0 Å². The van der Waals surface area contributed by atoms with Gasteiger partial charge >= 0.3 is 6.03 Å². The molecule has 1 aromatic carbocycles. The van der Waals surface area contributed by atoms with E-state index in [0.29, 0.717) is 17.9 Å². The summed E-state index contributed by atoms with van der Waals surface area (Å²) in [6.07, 6.45) is 6.46. The first kappa shape index (κ1) is 21.0. The smallest absolute Gasteiger partial charge is 0.317 e. The van der Waals surface area contributed by atoms with Crippen LogP contribution in [0, 0.1) is 11.8 Å². The van der Waals surface area contributed by atoms with E-state index in [4.69, 9.17) is 4.74 Å². The maximum absolute atomic E-state index is 13.0. The molecule has 3 atom stereocenters. The molecular formula is C23H37N3O2. The molecule has 1 aromatic rings. The standard InChI is InChI=1S/C23H37N3O2/c1-17(2)22(18-10-12-20(28-4)13-11-18)24-23(27)25(3)16-19-8-7-15-26-14-6-5-9-21(19)26/h10-13,17,19,21-22H,5-9,14-16H2,1-4H3,(H,24,27)/t19-,21+,22+/m0/s1. The van der Waals surface area contributed by atoms with Gasteiger partial charge in [0.05, 0.1) is 13.2 Å². The molecule has 0 aliphatic carbocycles. The van der Waals surface area contributed by atoms with Crippen LogP contribution in [0.2, 0.25) is 0 Å². The van der Waals surface area contributed by atoms with E-state index in [1.807, 2.05) is 36.2 Å². The fourth-order valence-corrected chi connectivity index (χ4v) is 4.91. The molecule has 2 fully saturated rings. The molecule has 3 rings (SSSR count). The largest absolute Gasteiger partial charge is 0.497 e. The van der Waals surface area contributed by atoms with Crippen molar-refractivity contribution >= 4 is 6.03 Å². The molecule has 28 heavy (non-hydrogen) atoms. The second kappa shape index (κ2) is 9.64. The van der Waals surface area contributed by atoms with Crippen molar-refractivity contribution in [1.29, 1.82) is 0 Å². The highest BCUT2D eigenvalue weighted by molar-refractivity contribution is 5.74. The van der Waals surface area contributed by atoms with Crippen LogP contribution >= 0.6 is 0 Å². The van der Waals surface area contributed by atoms with E-state index < -0.39 is 0 Å². The second-order valence-corrected chi connectivity index (χ2v) is 8.83. The van der Waals surface area contributed by atoms with Gasteiger partial charge in [0.15, 0.2) is 0 Å². The molecule has 2 amide bonds. The summed E-state index contributed by atoms with van der Waals surface area (Å²) in [5, 5.41) is 3.26. The number of rotatable bonds is 6. The van der Waals surface area contributed by atoms with E-state index in [2.05, 4.69) is 24.1 Å². The van der Waals surface area contributed by atoms with Crippen molar-refractivity contribution in [3.8, 4) is 5.75 Å². The number of amides is 2. The van der Waals surface area contributed by atoms with E-state index >= 15 is 0 Å². The lowest BCUT2D eigenvalue weighted by molar-refractivity contribution is 0.0484. The fourth-order valence-electron chi connectivity index (χ4n) is 4.91. The number of hydrogen-bond donors (Lipinski definition) is 1. The Hall–Kier alpha value is -1.75. The number of nitrogens with one attached hydrogen (secondary N) is 1. The number of carbonyl (C=O) groups is 1.